The van der Waals surface area contributed by atoms with Gasteiger partial charge in [0.25, 0.3) is 0 Å². The third-order valence-electron chi connectivity index (χ3n) is 4.66. The number of rotatable bonds is 4. The van der Waals surface area contributed by atoms with Crippen LogP contribution < -0.4 is 0 Å². The minimum atomic E-state index is -4.83. The first-order valence-electron chi connectivity index (χ1n) is 6.68. The predicted molar refractivity (Wildman–Crippen MR) is 67.6 cm³/mol. The maximum atomic E-state index is 12.8. The first-order chi connectivity index (χ1) is 8.58. The Bertz CT molecular complexity index is 347. The van der Waals surface area contributed by atoms with Gasteiger partial charge in [-0.05, 0) is 36.2 Å². The second kappa shape index (κ2) is 5.44. The molecule has 0 aromatic heterocycles. The standard InChI is InChI=1S/C14H23F3O2/c1-4-12(2,3)10-5-7-11(8-6-10)13(19,9-18)14(15,16)17/h7,10,18-19H,4-6,8-9H2,1-3H3. The highest BCUT2D eigenvalue weighted by Crippen LogP contribution is 2.45. The fourth-order valence-corrected chi connectivity index (χ4v) is 2.58. The molecule has 2 atom stereocenters. The van der Waals surface area contributed by atoms with E-state index in [0.29, 0.717) is 18.8 Å². The van der Waals surface area contributed by atoms with Gasteiger partial charge in [0.2, 0.25) is 5.60 Å². The number of aliphatic hydroxyl groups excluding tert-OH is 1. The monoisotopic (exact) mass is 280 g/mol. The van der Waals surface area contributed by atoms with Gasteiger partial charge in [0.15, 0.2) is 0 Å². The molecule has 0 aromatic carbocycles. The summed E-state index contributed by atoms with van der Waals surface area (Å²) >= 11 is 0. The summed E-state index contributed by atoms with van der Waals surface area (Å²) in [7, 11) is 0. The lowest BCUT2D eigenvalue weighted by atomic mass is 9.69. The molecule has 0 bridgehead atoms. The SMILES string of the molecule is CCC(C)(C)C1CC=C(C(O)(CO)C(F)(F)F)CC1. The maximum absolute atomic E-state index is 12.8. The van der Waals surface area contributed by atoms with Crippen LogP contribution in [0.25, 0.3) is 0 Å². The van der Waals surface area contributed by atoms with Crippen molar-refractivity contribution in [3.8, 4) is 0 Å². The van der Waals surface area contributed by atoms with Crippen LogP contribution in [-0.2, 0) is 0 Å². The van der Waals surface area contributed by atoms with Crippen LogP contribution >= 0.6 is 0 Å². The van der Waals surface area contributed by atoms with Crippen LogP contribution in [0.15, 0.2) is 11.6 Å². The Morgan fingerprint density at radius 1 is 1.32 bits per heavy atom. The van der Waals surface area contributed by atoms with Crippen molar-refractivity contribution < 1.29 is 23.4 Å². The Morgan fingerprint density at radius 3 is 2.21 bits per heavy atom. The van der Waals surface area contributed by atoms with Crippen molar-refractivity contribution in [2.45, 2.75) is 58.2 Å². The Hall–Kier alpha value is -0.550. The molecule has 2 nitrogen and oxygen atoms in total. The highest BCUT2D eigenvalue weighted by Gasteiger charge is 2.56. The molecule has 5 heteroatoms. The first-order valence-corrected chi connectivity index (χ1v) is 6.68. The van der Waals surface area contributed by atoms with Crippen molar-refractivity contribution in [1.82, 2.24) is 0 Å². The summed E-state index contributed by atoms with van der Waals surface area (Å²) in [5.74, 6) is 0.317. The van der Waals surface area contributed by atoms with Crippen molar-refractivity contribution in [2.75, 3.05) is 6.61 Å². The summed E-state index contributed by atoms with van der Waals surface area (Å²) in [6.07, 6.45) is -1.08. The summed E-state index contributed by atoms with van der Waals surface area (Å²) < 4.78 is 38.5. The maximum Gasteiger partial charge on any atom is 0.423 e. The lowest BCUT2D eigenvalue weighted by Crippen LogP contribution is -2.50. The molecule has 112 valence electrons. The topological polar surface area (TPSA) is 40.5 Å². The third-order valence-corrected chi connectivity index (χ3v) is 4.66. The van der Waals surface area contributed by atoms with Gasteiger partial charge in [0.1, 0.15) is 0 Å². The molecule has 0 amide bonds. The third kappa shape index (κ3) is 3.14. The molecule has 0 aromatic rings. The molecule has 19 heavy (non-hydrogen) atoms. The van der Waals surface area contributed by atoms with E-state index in [0.717, 1.165) is 6.42 Å². The smallest absolute Gasteiger partial charge is 0.393 e. The number of halogens is 3. The molecule has 0 heterocycles. The highest BCUT2D eigenvalue weighted by atomic mass is 19.4. The van der Waals surface area contributed by atoms with Crippen LogP contribution in [0.4, 0.5) is 13.2 Å². The minimum Gasteiger partial charge on any atom is -0.393 e. The minimum absolute atomic E-state index is 0.0809. The Kier molecular flexibility index (Phi) is 4.73. The fourth-order valence-electron chi connectivity index (χ4n) is 2.58. The summed E-state index contributed by atoms with van der Waals surface area (Å²) in [6.45, 7) is 4.97. The van der Waals surface area contributed by atoms with Crippen molar-refractivity contribution in [3.05, 3.63) is 11.6 Å². The van der Waals surface area contributed by atoms with Crippen molar-refractivity contribution in [3.63, 3.8) is 0 Å². The molecule has 0 saturated carbocycles. The van der Waals surface area contributed by atoms with E-state index in [2.05, 4.69) is 20.8 Å². The molecule has 0 fully saturated rings. The van der Waals surface area contributed by atoms with Gasteiger partial charge in [-0.2, -0.15) is 13.2 Å². The number of aliphatic hydroxyl groups is 2. The van der Waals surface area contributed by atoms with Crippen LogP contribution in [0.5, 0.6) is 0 Å². The van der Waals surface area contributed by atoms with Crippen LogP contribution in [0.1, 0.15) is 46.5 Å². The number of alkyl halides is 3. The quantitative estimate of drug-likeness (QED) is 0.774. The molecule has 1 aliphatic carbocycles. The second-order valence-electron chi connectivity index (χ2n) is 6.06. The number of allylic oxidation sites excluding steroid dienone is 1. The van der Waals surface area contributed by atoms with Crippen LogP contribution in [-0.4, -0.2) is 28.6 Å². The lowest BCUT2D eigenvalue weighted by Gasteiger charge is -2.39. The molecule has 1 aliphatic rings. The largest absolute Gasteiger partial charge is 0.423 e. The molecule has 2 unspecified atom stereocenters. The Balaban J connectivity index is 2.90. The number of hydrogen-bond donors (Lipinski definition) is 2. The molecule has 0 radical (unpaired) electrons. The van der Waals surface area contributed by atoms with Gasteiger partial charge in [0, 0.05) is 0 Å². The summed E-state index contributed by atoms with van der Waals surface area (Å²) in [5, 5.41) is 18.6. The average Bonchev–Trinajstić information content (AvgIpc) is 2.36. The zero-order valence-corrected chi connectivity index (χ0v) is 11.7. The molecular weight excluding hydrogens is 257 g/mol. The fraction of sp³-hybridized carbons (Fsp3) is 0.857. The zero-order valence-electron chi connectivity index (χ0n) is 11.7. The van der Waals surface area contributed by atoms with E-state index in [4.69, 9.17) is 5.11 Å². The van der Waals surface area contributed by atoms with Crippen LogP contribution in [0.2, 0.25) is 0 Å². The molecule has 0 saturated heterocycles. The molecule has 0 spiro atoms. The van der Waals surface area contributed by atoms with Crippen molar-refractivity contribution >= 4 is 0 Å². The van der Waals surface area contributed by atoms with E-state index in [1.807, 2.05) is 0 Å². The van der Waals surface area contributed by atoms with Crippen LogP contribution in [0, 0.1) is 11.3 Å². The van der Waals surface area contributed by atoms with E-state index >= 15 is 0 Å². The molecule has 0 aliphatic heterocycles. The van der Waals surface area contributed by atoms with Gasteiger partial charge in [-0.1, -0.05) is 33.3 Å². The van der Waals surface area contributed by atoms with Gasteiger partial charge in [-0.3, -0.25) is 0 Å². The zero-order chi connectivity index (χ0) is 14.9. The summed E-state index contributed by atoms with van der Waals surface area (Å²) in [4.78, 5) is 0. The first kappa shape index (κ1) is 16.5. The highest BCUT2D eigenvalue weighted by molar-refractivity contribution is 5.22. The average molecular weight is 280 g/mol. The van der Waals surface area contributed by atoms with Crippen molar-refractivity contribution in [1.29, 1.82) is 0 Å². The van der Waals surface area contributed by atoms with Crippen molar-refractivity contribution in [2.24, 2.45) is 11.3 Å². The lowest BCUT2D eigenvalue weighted by molar-refractivity contribution is -0.255. The van der Waals surface area contributed by atoms with Gasteiger partial charge in [-0.15, -0.1) is 0 Å². The number of hydrogen-bond acceptors (Lipinski definition) is 2. The van der Waals surface area contributed by atoms with Crippen LogP contribution in [0.3, 0.4) is 0 Å². The summed E-state index contributed by atoms with van der Waals surface area (Å²) in [6, 6.07) is 0. The normalized spacial score (nSPS) is 24.8. The van der Waals surface area contributed by atoms with Gasteiger partial charge in [0.05, 0.1) is 6.61 Å². The Labute approximate surface area is 112 Å². The molecule has 1 rings (SSSR count). The molecule has 2 N–H and O–H groups in total. The van der Waals surface area contributed by atoms with E-state index in [1.54, 1.807) is 0 Å². The van der Waals surface area contributed by atoms with Gasteiger partial charge in [-0.25, -0.2) is 0 Å². The van der Waals surface area contributed by atoms with E-state index in [1.165, 1.54) is 6.08 Å². The molecular formula is C14H23F3O2. The van der Waals surface area contributed by atoms with Gasteiger partial charge >= 0.3 is 6.18 Å². The van der Waals surface area contributed by atoms with E-state index in [9.17, 15) is 18.3 Å². The second-order valence-corrected chi connectivity index (χ2v) is 6.06. The van der Waals surface area contributed by atoms with Gasteiger partial charge < -0.3 is 10.2 Å². The van der Waals surface area contributed by atoms with E-state index in [-0.39, 0.29) is 17.4 Å². The summed E-state index contributed by atoms with van der Waals surface area (Å²) in [5.41, 5.74) is -3.09. The van der Waals surface area contributed by atoms with E-state index < -0.39 is 18.4 Å². The Morgan fingerprint density at radius 2 is 1.89 bits per heavy atom. The predicted octanol–water partition coefficient (Wildman–Crippen LogP) is 3.43.